The molecule has 0 spiro atoms. The summed E-state index contributed by atoms with van der Waals surface area (Å²) in [6.45, 7) is 0. The van der Waals surface area contributed by atoms with Crippen LogP contribution in [0.2, 0.25) is 13.7 Å². The molecule has 1 heterocycles. The third kappa shape index (κ3) is 2.80. The van der Waals surface area contributed by atoms with Gasteiger partial charge in [0, 0.05) is 10.0 Å². The molecule has 0 saturated carbocycles. The summed E-state index contributed by atoms with van der Waals surface area (Å²) >= 11 is 22.8. The van der Waals surface area contributed by atoms with E-state index in [4.69, 9.17) is 40.5 Å². The Kier molecular flexibility index (Phi) is 4.40. The maximum Gasteiger partial charge on any atom is 0.0995 e. The number of rotatable bonds is 2. The number of thiophene rings is 1. The predicted molar refractivity (Wildman–Crippen MR) is 79.5 cm³/mol. The van der Waals surface area contributed by atoms with Crippen molar-refractivity contribution in [1.82, 2.24) is 0 Å². The first-order valence-corrected chi connectivity index (χ1v) is 7.39. The average Bonchev–Trinajstić information content (AvgIpc) is 2.61. The Morgan fingerprint density at radius 3 is 2.47 bits per heavy atom. The Balaban J connectivity index is 2.47. The lowest BCUT2D eigenvalue weighted by Gasteiger charge is -2.13. The lowest BCUT2D eigenvalue weighted by Crippen LogP contribution is -2.12. The predicted octanol–water partition coefficient (Wildman–Crippen LogP) is 5.52. The van der Waals surface area contributed by atoms with Gasteiger partial charge in [0.05, 0.1) is 19.7 Å². The summed E-state index contributed by atoms with van der Waals surface area (Å²) in [4.78, 5) is 0. The van der Waals surface area contributed by atoms with Crippen LogP contribution in [-0.2, 0) is 0 Å². The second kappa shape index (κ2) is 5.47. The van der Waals surface area contributed by atoms with Gasteiger partial charge in [-0.05, 0) is 33.6 Å². The summed E-state index contributed by atoms with van der Waals surface area (Å²) in [5.74, 6) is 0. The molecule has 1 aromatic carbocycles. The van der Waals surface area contributed by atoms with Crippen molar-refractivity contribution in [2.24, 2.45) is 5.73 Å². The highest BCUT2D eigenvalue weighted by atomic mass is 79.9. The van der Waals surface area contributed by atoms with Gasteiger partial charge in [-0.3, -0.25) is 0 Å². The highest BCUT2D eigenvalue weighted by Crippen LogP contribution is 2.39. The van der Waals surface area contributed by atoms with E-state index in [2.05, 4.69) is 15.9 Å². The molecule has 0 fully saturated rings. The molecule has 6 heteroatoms. The molecule has 2 rings (SSSR count). The highest BCUT2D eigenvalue weighted by molar-refractivity contribution is 9.10. The van der Waals surface area contributed by atoms with Crippen LogP contribution in [-0.4, -0.2) is 0 Å². The van der Waals surface area contributed by atoms with E-state index >= 15 is 0 Å². The first-order valence-electron chi connectivity index (χ1n) is 4.65. The number of halogens is 4. The van der Waals surface area contributed by atoms with Crippen LogP contribution in [0, 0.1) is 0 Å². The standard InChI is InChI=1S/C11H7BrCl3NS/c12-7-3-1-2-5(9(7)14)10(16)6-4-8(13)17-11(6)15/h1-4,10H,16H2. The van der Waals surface area contributed by atoms with Gasteiger partial charge in [0.1, 0.15) is 0 Å². The van der Waals surface area contributed by atoms with E-state index in [0.29, 0.717) is 13.7 Å². The van der Waals surface area contributed by atoms with Gasteiger partial charge in [0.2, 0.25) is 0 Å². The number of nitrogens with two attached hydrogens (primary N) is 1. The van der Waals surface area contributed by atoms with Gasteiger partial charge in [-0.2, -0.15) is 0 Å². The molecule has 1 nitrogen and oxygen atoms in total. The third-order valence-corrected chi connectivity index (χ3v) is 5.16. The van der Waals surface area contributed by atoms with Gasteiger partial charge in [0.25, 0.3) is 0 Å². The highest BCUT2D eigenvalue weighted by Gasteiger charge is 2.18. The van der Waals surface area contributed by atoms with Crippen LogP contribution in [0.1, 0.15) is 17.2 Å². The van der Waals surface area contributed by atoms with Gasteiger partial charge in [-0.1, -0.05) is 46.9 Å². The second-order valence-corrected chi connectivity index (χ2v) is 6.92. The molecular formula is C11H7BrCl3NS. The fourth-order valence-electron chi connectivity index (χ4n) is 1.49. The molecular weight excluding hydrogens is 364 g/mol. The van der Waals surface area contributed by atoms with Crippen molar-refractivity contribution in [2.45, 2.75) is 6.04 Å². The molecule has 0 aliphatic heterocycles. The van der Waals surface area contributed by atoms with E-state index in [-0.39, 0.29) is 6.04 Å². The molecule has 1 aromatic heterocycles. The molecule has 90 valence electrons. The molecule has 2 aromatic rings. The average molecular weight is 372 g/mol. The smallest absolute Gasteiger partial charge is 0.0995 e. The zero-order chi connectivity index (χ0) is 12.6. The van der Waals surface area contributed by atoms with Crippen LogP contribution in [0.5, 0.6) is 0 Å². The number of benzene rings is 1. The van der Waals surface area contributed by atoms with Gasteiger partial charge >= 0.3 is 0 Å². The van der Waals surface area contributed by atoms with Crippen molar-refractivity contribution in [1.29, 1.82) is 0 Å². The minimum Gasteiger partial charge on any atom is -0.320 e. The van der Waals surface area contributed by atoms with Gasteiger partial charge in [0.15, 0.2) is 0 Å². The summed E-state index contributed by atoms with van der Waals surface area (Å²) in [6.07, 6.45) is 0. The summed E-state index contributed by atoms with van der Waals surface area (Å²) in [5.41, 5.74) is 7.77. The Bertz CT molecular complexity index is 556. The fourth-order valence-corrected chi connectivity index (χ4v) is 3.67. The topological polar surface area (TPSA) is 26.0 Å². The van der Waals surface area contributed by atoms with Gasteiger partial charge in [-0.25, -0.2) is 0 Å². The van der Waals surface area contributed by atoms with Gasteiger partial charge < -0.3 is 5.73 Å². The number of hydrogen-bond donors (Lipinski definition) is 1. The lowest BCUT2D eigenvalue weighted by molar-refractivity contribution is 0.876. The largest absolute Gasteiger partial charge is 0.320 e. The maximum atomic E-state index is 6.20. The molecule has 0 radical (unpaired) electrons. The molecule has 0 aliphatic carbocycles. The van der Waals surface area contributed by atoms with Crippen LogP contribution in [0.15, 0.2) is 28.7 Å². The molecule has 0 saturated heterocycles. The normalized spacial score (nSPS) is 12.8. The summed E-state index contributed by atoms with van der Waals surface area (Å²) in [6, 6.07) is 7.01. The second-order valence-electron chi connectivity index (χ2n) is 3.40. The quantitative estimate of drug-likeness (QED) is 0.739. The van der Waals surface area contributed by atoms with Crippen LogP contribution in [0.25, 0.3) is 0 Å². The third-order valence-electron chi connectivity index (χ3n) is 2.33. The number of hydrogen-bond acceptors (Lipinski definition) is 2. The maximum absolute atomic E-state index is 6.20. The zero-order valence-electron chi connectivity index (χ0n) is 8.38. The molecule has 17 heavy (non-hydrogen) atoms. The summed E-state index contributed by atoms with van der Waals surface area (Å²) in [7, 11) is 0. The van der Waals surface area contributed by atoms with Crippen LogP contribution >= 0.6 is 62.1 Å². The Hall–Kier alpha value is 0.230. The van der Waals surface area contributed by atoms with E-state index in [1.165, 1.54) is 11.3 Å². The summed E-state index contributed by atoms with van der Waals surface area (Å²) < 4.78 is 2.02. The first-order chi connectivity index (χ1) is 8.00. The lowest BCUT2D eigenvalue weighted by atomic mass is 10.0. The minimum absolute atomic E-state index is 0.378. The van der Waals surface area contributed by atoms with Crippen molar-refractivity contribution < 1.29 is 0 Å². The van der Waals surface area contributed by atoms with Crippen molar-refractivity contribution >= 4 is 62.1 Å². The van der Waals surface area contributed by atoms with Crippen LogP contribution in [0.4, 0.5) is 0 Å². The van der Waals surface area contributed by atoms with E-state index in [1.54, 1.807) is 6.07 Å². The van der Waals surface area contributed by atoms with Crippen LogP contribution in [0.3, 0.4) is 0 Å². The van der Waals surface area contributed by atoms with Crippen molar-refractivity contribution in [3.8, 4) is 0 Å². The van der Waals surface area contributed by atoms with E-state index in [1.807, 2.05) is 18.2 Å². The molecule has 0 amide bonds. The molecule has 0 aliphatic rings. The Morgan fingerprint density at radius 2 is 1.88 bits per heavy atom. The monoisotopic (exact) mass is 369 g/mol. The van der Waals surface area contributed by atoms with E-state index in [9.17, 15) is 0 Å². The van der Waals surface area contributed by atoms with Gasteiger partial charge in [-0.15, -0.1) is 11.3 Å². The molecule has 1 atom stereocenters. The summed E-state index contributed by atoms with van der Waals surface area (Å²) in [5, 5.41) is 0.596. The zero-order valence-corrected chi connectivity index (χ0v) is 13.1. The van der Waals surface area contributed by atoms with Crippen molar-refractivity contribution in [3.05, 3.63) is 53.6 Å². The van der Waals surface area contributed by atoms with E-state index < -0.39 is 0 Å². The Labute approximate surface area is 127 Å². The van der Waals surface area contributed by atoms with Crippen molar-refractivity contribution in [2.75, 3.05) is 0 Å². The molecule has 1 unspecified atom stereocenters. The van der Waals surface area contributed by atoms with E-state index in [0.717, 1.165) is 15.6 Å². The minimum atomic E-state index is -0.378. The van der Waals surface area contributed by atoms with Crippen molar-refractivity contribution in [3.63, 3.8) is 0 Å². The Morgan fingerprint density at radius 1 is 1.18 bits per heavy atom. The molecule has 2 N–H and O–H groups in total. The first kappa shape index (κ1) is 13.7. The molecule has 0 bridgehead atoms. The SMILES string of the molecule is NC(c1cc(Cl)sc1Cl)c1cccc(Br)c1Cl. The van der Waals surface area contributed by atoms with Crippen LogP contribution < -0.4 is 5.73 Å². The fraction of sp³-hybridized carbons (Fsp3) is 0.0909.